The summed E-state index contributed by atoms with van der Waals surface area (Å²) in [6.07, 6.45) is 8.66. The van der Waals surface area contributed by atoms with Gasteiger partial charge in [0, 0.05) is 19.0 Å². The fourth-order valence-electron chi connectivity index (χ4n) is 3.00. The van der Waals surface area contributed by atoms with Gasteiger partial charge in [0.05, 0.1) is 12.2 Å². The molecule has 1 aliphatic heterocycles. The van der Waals surface area contributed by atoms with Crippen molar-refractivity contribution in [3.63, 3.8) is 0 Å². The Hall–Kier alpha value is -2.37. The van der Waals surface area contributed by atoms with Gasteiger partial charge in [-0.3, -0.25) is 4.79 Å². The number of amides is 1. The van der Waals surface area contributed by atoms with Crippen LogP contribution in [-0.2, 0) is 4.79 Å². The van der Waals surface area contributed by atoms with Crippen LogP contribution in [0.2, 0.25) is 0 Å². The van der Waals surface area contributed by atoms with Gasteiger partial charge in [-0.2, -0.15) is 4.98 Å². The zero-order valence-electron chi connectivity index (χ0n) is 12.1. The van der Waals surface area contributed by atoms with Crippen molar-refractivity contribution < 1.29 is 13.7 Å². The predicted molar refractivity (Wildman–Crippen MR) is 77.8 cm³/mol. The van der Waals surface area contributed by atoms with E-state index in [1.165, 1.54) is 0 Å². The number of carbonyl (C=O) groups excluding carboxylic acids is 1. The number of furan rings is 1. The number of nitrogens with zero attached hydrogens (tertiary/aromatic N) is 3. The molecule has 114 valence electrons. The molecule has 22 heavy (non-hydrogen) atoms. The summed E-state index contributed by atoms with van der Waals surface area (Å²) in [6.45, 7) is 1.33. The summed E-state index contributed by atoms with van der Waals surface area (Å²) in [4.78, 5) is 18.6. The predicted octanol–water partition coefficient (Wildman–Crippen LogP) is 2.61. The molecule has 0 bridgehead atoms. The molecule has 1 atom stereocenters. The second kappa shape index (κ2) is 5.44. The minimum atomic E-state index is 0.138. The summed E-state index contributed by atoms with van der Waals surface area (Å²) < 4.78 is 10.5. The lowest BCUT2D eigenvalue weighted by Crippen LogP contribution is -2.50. The van der Waals surface area contributed by atoms with E-state index in [0.29, 0.717) is 30.6 Å². The van der Waals surface area contributed by atoms with E-state index in [0.717, 1.165) is 19.3 Å². The van der Waals surface area contributed by atoms with Gasteiger partial charge in [-0.05, 0) is 31.4 Å². The number of hydrogen-bond donors (Lipinski definition) is 0. The molecule has 3 heterocycles. The molecule has 4 rings (SSSR count). The number of rotatable bonds is 3. The van der Waals surface area contributed by atoms with Crippen LogP contribution < -0.4 is 0 Å². The first-order valence-electron chi connectivity index (χ1n) is 7.62. The molecule has 0 spiro atoms. The molecule has 0 saturated carbocycles. The Morgan fingerprint density at radius 1 is 1.32 bits per heavy atom. The normalized spacial score (nSPS) is 21.8. The largest absolute Gasteiger partial charge is 0.461 e. The SMILES string of the molecule is O=C(C1CC=CCC1)N1CC(c2nc(-c3ccco3)no2)C1. The summed E-state index contributed by atoms with van der Waals surface area (Å²) in [6, 6.07) is 3.58. The van der Waals surface area contributed by atoms with Crippen LogP contribution in [0.15, 0.2) is 39.5 Å². The highest BCUT2D eigenvalue weighted by Gasteiger charge is 2.38. The molecule has 2 aromatic rings. The van der Waals surface area contributed by atoms with E-state index in [-0.39, 0.29) is 17.7 Å². The highest BCUT2D eigenvalue weighted by atomic mass is 16.5. The van der Waals surface area contributed by atoms with Gasteiger partial charge in [-0.25, -0.2) is 0 Å². The third kappa shape index (κ3) is 2.34. The van der Waals surface area contributed by atoms with Gasteiger partial charge in [0.25, 0.3) is 0 Å². The van der Waals surface area contributed by atoms with Crippen LogP contribution in [0.3, 0.4) is 0 Å². The monoisotopic (exact) mass is 299 g/mol. The fourth-order valence-corrected chi connectivity index (χ4v) is 3.00. The smallest absolute Gasteiger partial charge is 0.238 e. The van der Waals surface area contributed by atoms with Gasteiger partial charge in [0.2, 0.25) is 17.6 Å². The van der Waals surface area contributed by atoms with Gasteiger partial charge in [0.15, 0.2) is 5.76 Å². The minimum Gasteiger partial charge on any atom is -0.461 e. The second-order valence-electron chi connectivity index (χ2n) is 5.86. The van der Waals surface area contributed by atoms with Gasteiger partial charge >= 0.3 is 0 Å². The molecule has 6 nitrogen and oxygen atoms in total. The van der Waals surface area contributed by atoms with E-state index >= 15 is 0 Å². The first-order valence-corrected chi connectivity index (χ1v) is 7.62. The summed E-state index contributed by atoms with van der Waals surface area (Å²) >= 11 is 0. The molecular weight excluding hydrogens is 282 g/mol. The van der Waals surface area contributed by atoms with Crippen LogP contribution in [-0.4, -0.2) is 34.0 Å². The molecule has 2 aromatic heterocycles. The quantitative estimate of drug-likeness (QED) is 0.815. The van der Waals surface area contributed by atoms with Crippen molar-refractivity contribution in [3.8, 4) is 11.6 Å². The molecule has 0 radical (unpaired) electrons. The van der Waals surface area contributed by atoms with Crippen LogP contribution in [0.5, 0.6) is 0 Å². The highest BCUT2D eigenvalue weighted by molar-refractivity contribution is 5.80. The Bertz CT molecular complexity index is 683. The Morgan fingerprint density at radius 3 is 2.95 bits per heavy atom. The average Bonchev–Trinajstić information content (AvgIpc) is 3.17. The molecule has 0 aromatic carbocycles. The molecule has 2 aliphatic rings. The van der Waals surface area contributed by atoms with Crippen molar-refractivity contribution in [2.45, 2.75) is 25.2 Å². The van der Waals surface area contributed by atoms with Crippen molar-refractivity contribution in [1.82, 2.24) is 15.0 Å². The number of hydrogen-bond acceptors (Lipinski definition) is 5. The van der Waals surface area contributed by atoms with Crippen LogP contribution in [0.25, 0.3) is 11.6 Å². The first kappa shape index (κ1) is 13.3. The van der Waals surface area contributed by atoms with Crippen LogP contribution in [0.4, 0.5) is 0 Å². The van der Waals surface area contributed by atoms with Crippen molar-refractivity contribution in [2.75, 3.05) is 13.1 Å². The van der Waals surface area contributed by atoms with Crippen LogP contribution >= 0.6 is 0 Å². The number of allylic oxidation sites excluding steroid dienone is 2. The molecule has 6 heteroatoms. The van der Waals surface area contributed by atoms with E-state index in [2.05, 4.69) is 22.3 Å². The Labute approximate surface area is 127 Å². The third-order valence-corrected chi connectivity index (χ3v) is 4.34. The molecule has 0 N–H and O–H groups in total. The van der Waals surface area contributed by atoms with Crippen molar-refractivity contribution in [1.29, 1.82) is 0 Å². The van der Waals surface area contributed by atoms with E-state index in [1.54, 1.807) is 18.4 Å². The summed E-state index contributed by atoms with van der Waals surface area (Å²) in [5.41, 5.74) is 0. The standard InChI is InChI=1S/C16H17N3O3/c20-16(11-5-2-1-3-6-11)19-9-12(10-19)15-17-14(18-22-15)13-7-4-8-21-13/h1-2,4,7-8,11-12H,3,5-6,9-10H2. The van der Waals surface area contributed by atoms with Gasteiger partial charge in [-0.15, -0.1) is 0 Å². The molecule has 1 amide bonds. The number of aromatic nitrogens is 2. The maximum Gasteiger partial charge on any atom is 0.238 e. The molecule has 1 fully saturated rings. The minimum absolute atomic E-state index is 0.138. The van der Waals surface area contributed by atoms with E-state index < -0.39 is 0 Å². The van der Waals surface area contributed by atoms with E-state index in [9.17, 15) is 4.79 Å². The Balaban J connectivity index is 1.37. The van der Waals surface area contributed by atoms with Crippen molar-refractivity contribution >= 4 is 5.91 Å². The molecule has 1 aliphatic carbocycles. The van der Waals surface area contributed by atoms with Gasteiger partial charge in [-0.1, -0.05) is 17.3 Å². The highest BCUT2D eigenvalue weighted by Crippen LogP contribution is 2.31. The lowest BCUT2D eigenvalue weighted by Gasteiger charge is -2.39. The summed E-state index contributed by atoms with van der Waals surface area (Å²) in [5.74, 6) is 2.18. The molecule has 1 unspecified atom stereocenters. The van der Waals surface area contributed by atoms with E-state index in [4.69, 9.17) is 8.94 Å². The van der Waals surface area contributed by atoms with Crippen LogP contribution in [0, 0.1) is 5.92 Å². The zero-order chi connectivity index (χ0) is 14.9. The summed E-state index contributed by atoms with van der Waals surface area (Å²) in [7, 11) is 0. The molecule has 1 saturated heterocycles. The molecular formula is C16H17N3O3. The second-order valence-corrected chi connectivity index (χ2v) is 5.86. The number of carbonyl (C=O) groups is 1. The van der Waals surface area contributed by atoms with Gasteiger partial charge in [0.1, 0.15) is 0 Å². The van der Waals surface area contributed by atoms with Crippen molar-refractivity contribution in [3.05, 3.63) is 36.4 Å². The maximum absolute atomic E-state index is 12.4. The maximum atomic E-state index is 12.4. The third-order valence-electron chi connectivity index (χ3n) is 4.34. The van der Waals surface area contributed by atoms with Crippen molar-refractivity contribution in [2.24, 2.45) is 5.92 Å². The lowest BCUT2D eigenvalue weighted by atomic mass is 9.90. The zero-order valence-corrected chi connectivity index (χ0v) is 12.1. The average molecular weight is 299 g/mol. The number of likely N-dealkylation sites (tertiary alicyclic amines) is 1. The van der Waals surface area contributed by atoms with Crippen LogP contribution in [0.1, 0.15) is 31.1 Å². The Kier molecular flexibility index (Phi) is 3.29. The van der Waals surface area contributed by atoms with Gasteiger partial charge < -0.3 is 13.8 Å². The summed E-state index contributed by atoms with van der Waals surface area (Å²) in [5, 5.41) is 3.93. The lowest BCUT2D eigenvalue weighted by molar-refractivity contribution is -0.140. The fraction of sp³-hybridized carbons (Fsp3) is 0.438. The first-order chi connectivity index (χ1) is 10.8. The topological polar surface area (TPSA) is 72.4 Å². The Morgan fingerprint density at radius 2 is 2.23 bits per heavy atom. The van der Waals surface area contributed by atoms with E-state index in [1.807, 2.05) is 4.90 Å².